The molecule has 0 aliphatic rings. The molecule has 1 aromatic rings. The maximum Gasteiger partial charge on any atom is 0.0379 e. The van der Waals surface area contributed by atoms with Crippen LogP contribution in [0, 0.1) is 0 Å². The van der Waals surface area contributed by atoms with E-state index in [4.69, 9.17) is 0 Å². The second-order valence-electron chi connectivity index (χ2n) is 0.951. The molecule has 0 fully saturated rings. The quantitative estimate of drug-likeness (QED) is 0.451. The molecule has 0 aliphatic carbocycles. The molecule has 0 aromatic carbocycles. The van der Waals surface area contributed by atoms with Gasteiger partial charge >= 0.3 is 0 Å². The van der Waals surface area contributed by atoms with Gasteiger partial charge < -0.3 is 0 Å². The average Bonchev–Trinajstić information content (AvgIpc) is 1.86. The van der Waals surface area contributed by atoms with Crippen molar-refractivity contribution >= 4 is 25.2 Å². The molecule has 2 heteroatoms. The van der Waals surface area contributed by atoms with Crippen molar-refractivity contribution in [2.75, 3.05) is 0 Å². The summed E-state index contributed by atoms with van der Waals surface area (Å²) in [5, 5.41) is 2.00. The summed E-state index contributed by atoms with van der Waals surface area (Å²) in [5.74, 6) is 0. The SMILES string of the molecule is [P]c1cccs1. The van der Waals surface area contributed by atoms with Crippen molar-refractivity contribution in [2.24, 2.45) is 0 Å². The Morgan fingerprint density at radius 2 is 2.50 bits per heavy atom. The van der Waals surface area contributed by atoms with Crippen LogP contribution in [0.1, 0.15) is 0 Å². The lowest BCUT2D eigenvalue weighted by Gasteiger charge is -1.63. The zero-order valence-corrected chi connectivity index (χ0v) is 4.80. The van der Waals surface area contributed by atoms with Crippen molar-refractivity contribution in [1.29, 1.82) is 0 Å². The zero-order chi connectivity index (χ0) is 4.41. The van der Waals surface area contributed by atoms with Gasteiger partial charge in [-0.05, 0) is 11.4 Å². The third-order valence-electron chi connectivity index (χ3n) is 0.506. The largest absolute Gasteiger partial charge is 0.143 e. The summed E-state index contributed by atoms with van der Waals surface area (Å²) in [4.78, 5) is 0. The van der Waals surface area contributed by atoms with Crippen LogP contribution >= 0.6 is 20.6 Å². The normalized spacial score (nSPS) is 8.83. The molecule has 6 heavy (non-hydrogen) atoms. The molecule has 0 saturated heterocycles. The van der Waals surface area contributed by atoms with Crippen LogP contribution in [0.4, 0.5) is 0 Å². The van der Waals surface area contributed by atoms with Crippen LogP contribution < -0.4 is 4.62 Å². The smallest absolute Gasteiger partial charge is 0.0379 e. The van der Waals surface area contributed by atoms with Gasteiger partial charge in [0.05, 0.1) is 0 Å². The van der Waals surface area contributed by atoms with Crippen molar-refractivity contribution in [1.82, 2.24) is 0 Å². The second-order valence-corrected chi connectivity index (χ2v) is 2.68. The highest BCUT2D eigenvalue weighted by atomic mass is 32.1. The first kappa shape index (κ1) is 4.29. The van der Waals surface area contributed by atoms with Gasteiger partial charge in [0.2, 0.25) is 0 Å². The van der Waals surface area contributed by atoms with E-state index in [9.17, 15) is 0 Å². The molecule has 2 radical (unpaired) electrons. The van der Waals surface area contributed by atoms with Crippen molar-refractivity contribution < 1.29 is 0 Å². The topological polar surface area (TPSA) is 0 Å². The summed E-state index contributed by atoms with van der Waals surface area (Å²) < 4.78 is 1.08. The first-order valence-corrected chi connectivity index (χ1v) is 2.95. The summed E-state index contributed by atoms with van der Waals surface area (Å²) in [5.41, 5.74) is 0. The van der Waals surface area contributed by atoms with Gasteiger partial charge in [0.15, 0.2) is 0 Å². The molecule has 0 N–H and O–H groups in total. The summed E-state index contributed by atoms with van der Waals surface area (Å²) in [6.07, 6.45) is 0. The second kappa shape index (κ2) is 1.72. The Morgan fingerprint density at radius 3 is 2.67 bits per heavy atom. The van der Waals surface area contributed by atoms with E-state index in [0.29, 0.717) is 0 Å². The molecule has 0 spiro atoms. The van der Waals surface area contributed by atoms with Crippen LogP contribution in [0.2, 0.25) is 0 Å². The predicted molar refractivity (Wildman–Crippen MR) is 30.9 cm³/mol. The van der Waals surface area contributed by atoms with Crippen LogP contribution in [0.3, 0.4) is 0 Å². The standard InChI is InChI=1S/C4H3PS/c5-4-2-1-3-6-4/h1-3H. The molecule has 30 valence electrons. The summed E-state index contributed by atoms with van der Waals surface area (Å²) >= 11 is 1.64. The van der Waals surface area contributed by atoms with Gasteiger partial charge in [0.25, 0.3) is 0 Å². The molecule has 0 saturated carbocycles. The highest BCUT2D eigenvalue weighted by Gasteiger charge is 1.76. The predicted octanol–water partition coefficient (Wildman–Crippen LogP) is 1.78. The fourth-order valence-corrected chi connectivity index (χ4v) is 0.992. The lowest BCUT2D eigenvalue weighted by atomic mass is 10.7. The molecule has 0 unspecified atom stereocenters. The third-order valence-corrected chi connectivity index (χ3v) is 1.64. The molecule has 0 aliphatic heterocycles. The third kappa shape index (κ3) is 0.796. The lowest BCUT2D eigenvalue weighted by molar-refractivity contribution is 2.08. The molecule has 0 nitrogen and oxygen atoms in total. The van der Waals surface area contributed by atoms with Gasteiger partial charge in [-0.2, -0.15) is 0 Å². The van der Waals surface area contributed by atoms with E-state index in [1.165, 1.54) is 0 Å². The number of hydrogen-bond acceptors (Lipinski definition) is 1. The fourth-order valence-electron chi connectivity index (χ4n) is 0.270. The summed E-state index contributed by atoms with van der Waals surface area (Å²) in [6, 6.07) is 3.95. The zero-order valence-electron chi connectivity index (χ0n) is 3.09. The Hall–Kier alpha value is 0.130. The minimum Gasteiger partial charge on any atom is -0.143 e. The molecule has 1 heterocycles. The van der Waals surface area contributed by atoms with Crippen LogP contribution in [0.15, 0.2) is 17.5 Å². The Labute approximate surface area is 43.4 Å². The summed E-state index contributed by atoms with van der Waals surface area (Å²) in [7, 11) is 4.05. The minimum atomic E-state index is 1.08. The van der Waals surface area contributed by atoms with E-state index >= 15 is 0 Å². The maximum absolute atomic E-state index is 4.05. The van der Waals surface area contributed by atoms with Crippen LogP contribution in [-0.4, -0.2) is 0 Å². The van der Waals surface area contributed by atoms with Gasteiger partial charge in [-0.1, -0.05) is 6.07 Å². The van der Waals surface area contributed by atoms with Gasteiger partial charge in [-0.25, -0.2) is 0 Å². The summed E-state index contributed by atoms with van der Waals surface area (Å²) in [6.45, 7) is 0. The van der Waals surface area contributed by atoms with E-state index in [-0.39, 0.29) is 0 Å². The van der Waals surface area contributed by atoms with Gasteiger partial charge in [-0.3, -0.25) is 0 Å². The molecular formula is C4H3PS. The fraction of sp³-hybridized carbons (Fsp3) is 0. The van der Waals surface area contributed by atoms with Crippen LogP contribution in [0.25, 0.3) is 0 Å². The van der Waals surface area contributed by atoms with Crippen molar-refractivity contribution in [3.8, 4) is 0 Å². The highest BCUT2D eigenvalue weighted by Crippen LogP contribution is 1.96. The Morgan fingerprint density at radius 1 is 1.67 bits per heavy atom. The van der Waals surface area contributed by atoms with Crippen molar-refractivity contribution in [3.63, 3.8) is 0 Å². The lowest BCUT2D eigenvalue weighted by Crippen LogP contribution is -1.68. The molecule has 0 atom stereocenters. The van der Waals surface area contributed by atoms with Crippen molar-refractivity contribution in [2.45, 2.75) is 0 Å². The van der Waals surface area contributed by atoms with Crippen LogP contribution in [0.5, 0.6) is 0 Å². The molecular weight excluding hydrogens is 111 g/mol. The van der Waals surface area contributed by atoms with E-state index in [1.54, 1.807) is 11.3 Å². The van der Waals surface area contributed by atoms with E-state index in [0.717, 1.165) is 4.62 Å². The molecule has 1 rings (SSSR count). The first-order valence-electron chi connectivity index (χ1n) is 1.62. The molecule has 0 amide bonds. The Balaban J connectivity index is 3.05. The number of thiophene rings is 1. The van der Waals surface area contributed by atoms with Crippen LogP contribution in [-0.2, 0) is 0 Å². The molecule has 0 bridgehead atoms. The maximum atomic E-state index is 4.05. The highest BCUT2D eigenvalue weighted by molar-refractivity contribution is 7.42. The Bertz CT molecular complexity index is 111. The average molecular weight is 114 g/mol. The minimum absolute atomic E-state index is 1.08. The first-order chi connectivity index (χ1) is 2.89. The van der Waals surface area contributed by atoms with Gasteiger partial charge in [0, 0.05) is 13.9 Å². The number of rotatable bonds is 0. The van der Waals surface area contributed by atoms with Gasteiger partial charge in [-0.15, -0.1) is 11.3 Å². The van der Waals surface area contributed by atoms with E-state index < -0.39 is 0 Å². The Kier molecular flexibility index (Phi) is 1.23. The van der Waals surface area contributed by atoms with E-state index in [2.05, 4.69) is 9.24 Å². The monoisotopic (exact) mass is 114 g/mol. The van der Waals surface area contributed by atoms with Gasteiger partial charge in [0.1, 0.15) is 0 Å². The molecule has 1 aromatic heterocycles. The van der Waals surface area contributed by atoms with E-state index in [1.807, 2.05) is 17.5 Å². The van der Waals surface area contributed by atoms with Crippen molar-refractivity contribution in [3.05, 3.63) is 17.5 Å². The number of hydrogen-bond donors (Lipinski definition) is 0.